The fourth-order valence-electron chi connectivity index (χ4n) is 4.51. The Morgan fingerprint density at radius 2 is 1.76 bits per heavy atom. The number of carbonyl (C=O) groups is 2. The van der Waals surface area contributed by atoms with E-state index in [1.165, 1.54) is 12.0 Å². The molecule has 1 aliphatic heterocycles. The zero-order valence-electron chi connectivity index (χ0n) is 21.8. The Labute approximate surface area is 222 Å². The number of Topliss-reactive ketones (excluding diaryl/α,β-unsaturated/α-hetero) is 1. The zero-order chi connectivity index (χ0) is 27.1. The Morgan fingerprint density at radius 3 is 2.47 bits per heavy atom. The van der Waals surface area contributed by atoms with Crippen molar-refractivity contribution in [1.82, 2.24) is 9.88 Å². The zero-order valence-corrected chi connectivity index (χ0v) is 21.8. The molecular formula is C30H32N2O6. The average Bonchev–Trinajstić information content (AvgIpc) is 3.20. The first-order chi connectivity index (χ1) is 18.5. The third-order valence-corrected chi connectivity index (χ3v) is 6.49. The molecule has 1 unspecified atom stereocenters. The summed E-state index contributed by atoms with van der Waals surface area (Å²) in [6.45, 7) is 2.84. The Balaban J connectivity index is 1.80. The SMILES string of the molecule is CCCCCOc1ccc(C2C(=C(O)c3cccc(OC)c3)C(=O)C(=O)N2Cc2ccncc2)cc1OC. The van der Waals surface area contributed by atoms with E-state index in [-0.39, 0.29) is 17.9 Å². The summed E-state index contributed by atoms with van der Waals surface area (Å²) in [5.74, 6) is -0.161. The van der Waals surface area contributed by atoms with Crippen molar-refractivity contribution in [3.63, 3.8) is 0 Å². The Bertz CT molecular complexity index is 1320. The van der Waals surface area contributed by atoms with Crippen molar-refractivity contribution in [1.29, 1.82) is 0 Å². The maximum absolute atomic E-state index is 13.4. The normalized spacial score (nSPS) is 16.5. The van der Waals surface area contributed by atoms with Gasteiger partial charge in [-0.2, -0.15) is 0 Å². The lowest BCUT2D eigenvalue weighted by Crippen LogP contribution is -2.29. The molecular weight excluding hydrogens is 484 g/mol. The summed E-state index contributed by atoms with van der Waals surface area (Å²) in [6.07, 6.45) is 6.33. The predicted molar refractivity (Wildman–Crippen MR) is 143 cm³/mol. The van der Waals surface area contributed by atoms with E-state index in [1.54, 1.807) is 74.1 Å². The fraction of sp³-hybridized carbons (Fsp3) is 0.300. The van der Waals surface area contributed by atoms with Gasteiger partial charge in [-0.25, -0.2) is 0 Å². The molecule has 0 spiro atoms. The van der Waals surface area contributed by atoms with E-state index >= 15 is 0 Å². The lowest BCUT2D eigenvalue weighted by atomic mass is 9.94. The molecule has 1 atom stereocenters. The van der Waals surface area contributed by atoms with E-state index in [1.807, 2.05) is 0 Å². The molecule has 1 N–H and O–H groups in total. The number of methoxy groups -OCH3 is 2. The number of hydrogen-bond acceptors (Lipinski definition) is 7. The van der Waals surface area contributed by atoms with Crippen molar-refractivity contribution >= 4 is 17.4 Å². The van der Waals surface area contributed by atoms with E-state index in [0.717, 1.165) is 24.8 Å². The summed E-state index contributed by atoms with van der Waals surface area (Å²) in [6, 6.07) is 14.8. The number of benzene rings is 2. The van der Waals surface area contributed by atoms with Gasteiger partial charge in [-0.3, -0.25) is 14.6 Å². The van der Waals surface area contributed by atoms with Gasteiger partial charge in [0.05, 0.1) is 32.4 Å². The first-order valence-electron chi connectivity index (χ1n) is 12.6. The predicted octanol–water partition coefficient (Wildman–Crippen LogP) is 5.29. The summed E-state index contributed by atoms with van der Waals surface area (Å²) in [7, 11) is 3.06. The number of carbonyl (C=O) groups excluding carboxylic acids is 2. The summed E-state index contributed by atoms with van der Waals surface area (Å²) >= 11 is 0. The summed E-state index contributed by atoms with van der Waals surface area (Å²) in [5, 5.41) is 11.4. The average molecular weight is 517 g/mol. The molecule has 2 heterocycles. The van der Waals surface area contributed by atoms with Crippen LogP contribution in [-0.2, 0) is 16.1 Å². The van der Waals surface area contributed by atoms with Gasteiger partial charge in [-0.1, -0.05) is 38.0 Å². The largest absolute Gasteiger partial charge is 0.507 e. The molecule has 0 bridgehead atoms. The minimum atomic E-state index is -0.850. The quantitative estimate of drug-likeness (QED) is 0.160. The molecule has 198 valence electrons. The number of pyridine rings is 1. The molecule has 1 fully saturated rings. The van der Waals surface area contributed by atoms with Crippen molar-refractivity contribution in [2.75, 3.05) is 20.8 Å². The van der Waals surface area contributed by atoms with Crippen LogP contribution in [0.5, 0.6) is 17.2 Å². The number of rotatable bonds is 11. The van der Waals surface area contributed by atoms with E-state index in [4.69, 9.17) is 14.2 Å². The molecule has 1 saturated heterocycles. The Kier molecular flexibility index (Phi) is 8.63. The van der Waals surface area contributed by atoms with E-state index < -0.39 is 17.7 Å². The van der Waals surface area contributed by atoms with Crippen molar-refractivity contribution in [3.05, 3.63) is 89.3 Å². The number of amides is 1. The summed E-state index contributed by atoms with van der Waals surface area (Å²) < 4.78 is 16.8. The molecule has 8 nitrogen and oxygen atoms in total. The lowest BCUT2D eigenvalue weighted by Gasteiger charge is -2.26. The topological polar surface area (TPSA) is 98.2 Å². The number of aliphatic hydroxyl groups excluding tert-OH is 1. The van der Waals surface area contributed by atoms with Crippen molar-refractivity contribution in [3.8, 4) is 17.2 Å². The molecule has 0 radical (unpaired) electrons. The Morgan fingerprint density at radius 1 is 0.974 bits per heavy atom. The van der Waals surface area contributed by atoms with Crippen LogP contribution >= 0.6 is 0 Å². The second kappa shape index (κ2) is 12.3. The van der Waals surface area contributed by atoms with E-state index in [2.05, 4.69) is 11.9 Å². The minimum Gasteiger partial charge on any atom is -0.507 e. The van der Waals surface area contributed by atoms with E-state index in [0.29, 0.717) is 35.0 Å². The highest BCUT2D eigenvalue weighted by Crippen LogP contribution is 2.43. The van der Waals surface area contributed by atoms with Crippen molar-refractivity contribution < 1.29 is 28.9 Å². The summed E-state index contributed by atoms with van der Waals surface area (Å²) in [4.78, 5) is 32.2. The van der Waals surface area contributed by atoms with Crippen LogP contribution in [0.25, 0.3) is 5.76 Å². The molecule has 1 aromatic heterocycles. The molecule has 0 saturated carbocycles. The number of likely N-dealkylation sites (tertiary alicyclic amines) is 1. The first-order valence-corrected chi connectivity index (χ1v) is 12.6. The van der Waals surface area contributed by atoms with Gasteiger partial charge in [0.2, 0.25) is 0 Å². The van der Waals surface area contributed by atoms with Crippen LogP contribution < -0.4 is 14.2 Å². The second-order valence-corrected chi connectivity index (χ2v) is 8.98. The number of unbranched alkanes of at least 4 members (excludes halogenated alkanes) is 2. The van der Waals surface area contributed by atoms with Gasteiger partial charge in [-0.05, 0) is 53.9 Å². The number of aromatic nitrogens is 1. The fourth-order valence-corrected chi connectivity index (χ4v) is 4.51. The smallest absolute Gasteiger partial charge is 0.295 e. The monoisotopic (exact) mass is 516 g/mol. The van der Waals surface area contributed by atoms with Gasteiger partial charge in [0.25, 0.3) is 11.7 Å². The van der Waals surface area contributed by atoms with E-state index in [9.17, 15) is 14.7 Å². The van der Waals surface area contributed by atoms with Crippen LogP contribution in [0.15, 0.2) is 72.6 Å². The van der Waals surface area contributed by atoms with Gasteiger partial charge < -0.3 is 24.2 Å². The Hall–Kier alpha value is -4.33. The molecule has 3 aromatic rings. The van der Waals surface area contributed by atoms with Crippen molar-refractivity contribution in [2.24, 2.45) is 0 Å². The molecule has 8 heteroatoms. The van der Waals surface area contributed by atoms with Gasteiger partial charge in [0.1, 0.15) is 11.5 Å². The molecule has 38 heavy (non-hydrogen) atoms. The van der Waals surface area contributed by atoms with Crippen LogP contribution in [0.2, 0.25) is 0 Å². The number of nitrogens with zero attached hydrogens (tertiary/aromatic N) is 2. The highest BCUT2D eigenvalue weighted by atomic mass is 16.5. The van der Waals surface area contributed by atoms with Gasteiger partial charge in [0, 0.05) is 24.5 Å². The lowest BCUT2D eigenvalue weighted by molar-refractivity contribution is -0.140. The third-order valence-electron chi connectivity index (χ3n) is 6.49. The van der Waals surface area contributed by atoms with Crippen LogP contribution in [0.4, 0.5) is 0 Å². The highest BCUT2D eigenvalue weighted by molar-refractivity contribution is 6.46. The van der Waals surface area contributed by atoms with Crippen LogP contribution in [-0.4, -0.2) is 47.5 Å². The molecule has 1 amide bonds. The summed E-state index contributed by atoms with van der Waals surface area (Å²) in [5.41, 5.74) is 1.78. The number of ether oxygens (including phenoxy) is 3. The van der Waals surface area contributed by atoms with Gasteiger partial charge in [-0.15, -0.1) is 0 Å². The van der Waals surface area contributed by atoms with Gasteiger partial charge in [0.15, 0.2) is 11.5 Å². The molecule has 4 rings (SSSR count). The minimum absolute atomic E-state index is 0.00373. The van der Waals surface area contributed by atoms with Gasteiger partial charge >= 0.3 is 0 Å². The number of aliphatic hydroxyl groups is 1. The highest BCUT2D eigenvalue weighted by Gasteiger charge is 2.46. The number of hydrogen-bond donors (Lipinski definition) is 1. The van der Waals surface area contributed by atoms with Crippen molar-refractivity contribution in [2.45, 2.75) is 38.8 Å². The number of ketones is 1. The maximum Gasteiger partial charge on any atom is 0.295 e. The maximum atomic E-state index is 13.4. The van der Waals surface area contributed by atoms with Crippen LogP contribution in [0.1, 0.15) is 48.9 Å². The second-order valence-electron chi connectivity index (χ2n) is 8.98. The third kappa shape index (κ3) is 5.64. The molecule has 1 aliphatic rings. The molecule has 2 aromatic carbocycles. The standard InChI is InChI=1S/C30H32N2O6/c1-4-5-6-16-38-24-11-10-21(18-25(24)37-3)27-26(28(33)22-8-7-9-23(17-22)36-2)29(34)30(35)32(27)19-20-12-14-31-15-13-20/h7-15,17-18,27,33H,4-6,16,19H2,1-3H3. The first kappa shape index (κ1) is 26.7. The van der Waals surface area contributed by atoms with Crippen LogP contribution in [0, 0.1) is 0 Å². The molecule has 0 aliphatic carbocycles. The van der Waals surface area contributed by atoms with Crippen LogP contribution in [0.3, 0.4) is 0 Å².